The van der Waals surface area contributed by atoms with Crippen molar-refractivity contribution < 1.29 is 57.4 Å². The molecule has 5 aliphatic rings. The number of allylic oxidation sites excluding steroid dienone is 12. The Morgan fingerprint density at radius 3 is 1.22 bits per heavy atom. The van der Waals surface area contributed by atoms with Crippen molar-refractivity contribution >= 4 is 119 Å². The average molecular weight is 993 g/mol. The molecule has 0 spiro atoms. The van der Waals surface area contributed by atoms with E-state index in [1.54, 1.807) is 36.5 Å². The van der Waals surface area contributed by atoms with E-state index < -0.39 is 68.7 Å². The first kappa shape index (κ1) is 46.4. The number of rotatable bonds is 8. The molecule has 8 bridgehead atoms. The van der Waals surface area contributed by atoms with Gasteiger partial charge in [0.2, 0.25) is 0 Å². The van der Waals surface area contributed by atoms with Gasteiger partial charge >= 0.3 is 30.4 Å². The second-order valence-corrected chi connectivity index (χ2v) is 21.8. The molecule has 0 atom stereocenters. The van der Waals surface area contributed by atoms with Crippen LogP contribution in [0.5, 0.6) is 0 Å². The molecular weight excluding hydrogens is 956 g/mol. The van der Waals surface area contributed by atoms with Crippen LogP contribution in [0, 0.1) is 0 Å². The molecule has 24 heteroatoms. The van der Waals surface area contributed by atoms with E-state index >= 15 is 0 Å². The molecule has 0 fully saturated rings. The maximum absolute atomic E-state index is 13.1. The number of fused-ring (bicyclic) bond motifs is 4. The molecule has 0 amide bonds. The Hall–Kier alpha value is -6.72. The lowest BCUT2D eigenvalue weighted by Crippen LogP contribution is -2.18. The zero-order valence-corrected chi connectivity index (χ0v) is 38.2. The van der Waals surface area contributed by atoms with Crippen LogP contribution in [0.15, 0.2) is 164 Å². The van der Waals surface area contributed by atoms with E-state index in [4.69, 9.17) is 37.9 Å². The average Bonchev–Trinajstić information content (AvgIpc) is 4.05. The molecule has 20 nitrogen and oxygen atoms in total. The third-order valence-corrected chi connectivity index (χ3v) is 15.2. The summed E-state index contributed by atoms with van der Waals surface area (Å²) in [6.45, 7) is 0. The molecule has 4 aromatic rings. The quantitative estimate of drug-likeness (QED) is 0.0890. The summed E-state index contributed by atoms with van der Waals surface area (Å²) < 4.78 is 51.9. The van der Waals surface area contributed by atoms with Crippen molar-refractivity contribution in [2.24, 2.45) is 20.0 Å². The van der Waals surface area contributed by atoms with E-state index in [9.17, 15) is 57.4 Å². The lowest BCUT2D eigenvalue weighted by molar-refractivity contribution is 0.385. The number of benzene rings is 4. The summed E-state index contributed by atoms with van der Waals surface area (Å²) in [4.78, 5) is 104. The first-order valence-electron chi connectivity index (χ1n) is 19.8. The lowest BCUT2D eigenvalue weighted by Gasteiger charge is -2.22. The highest BCUT2D eigenvalue weighted by molar-refractivity contribution is 7.61. The van der Waals surface area contributed by atoms with E-state index in [-0.39, 0.29) is 78.7 Å². The van der Waals surface area contributed by atoms with Gasteiger partial charge in [-0.25, -0.2) is 20.0 Å². The second kappa shape index (κ2) is 16.5. The van der Waals surface area contributed by atoms with Gasteiger partial charge in [-0.05, 0) is 72.9 Å². The van der Waals surface area contributed by atoms with Crippen molar-refractivity contribution in [3.05, 3.63) is 166 Å². The molecule has 0 radical (unpaired) electrons. The van der Waals surface area contributed by atoms with Crippen molar-refractivity contribution in [3.8, 4) is 0 Å². The fourth-order valence-corrected chi connectivity index (χ4v) is 11.1. The van der Waals surface area contributed by atoms with E-state index in [0.29, 0.717) is 17.1 Å². The van der Waals surface area contributed by atoms with Gasteiger partial charge in [0, 0.05) is 44.5 Å². The summed E-state index contributed by atoms with van der Waals surface area (Å²) in [6, 6.07) is 15.4. The first-order chi connectivity index (χ1) is 31.9. The Bertz CT molecular complexity index is 3610. The Morgan fingerprint density at radius 1 is 0.382 bits per heavy atom. The van der Waals surface area contributed by atoms with Crippen LogP contribution in [0.4, 0.5) is 22.7 Å². The minimum Gasteiger partial charge on any atom is -0.397 e. The summed E-state index contributed by atoms with van der Waals surface area (Å²) in [5, 5.41) is -2.37. The van der Waals surface area contributed by atoms with Crippen LogP contribution < -0.4 is 44.2 Å². The third-order valence-electron chi connectivity index (χ3n) is 11.2. The minimum atomic E-state index is -5.18. The number of aliphatic imine (C=N–C) groups is 4. The van der Waals surface area contributed by atoms with Crippen molar-refractivity contribution in [1.29, 1.82) is 0 Å². The molecule has 5 aliphatic heterocycles. The number of nitrogen functional groups attached to an aromatic ring is 4. The van der Waals surface area contributed by atoms with Crippen molar-refractivity contribution in [1.82, 2.24) is 0 Å². The number of hydrogen-bond acceptors (Lipinski definition) is 12. The molecule has 9 rings (SSSR count). The fourth-order valence-electron chi connectivity index (χ4n) is 8.24. The van der Waals surface area contributed by atoms with Gasteiger partial charge in [0.1, 0.15) is 0 Å². The monoisotopic (exact) mass is 992 g/mol. The van der Waals surface area contributed by atoms with Gasteiger partial charge in [-0.1, -0.05) is 48.5 Å². The van der Waals surface area contributed by atoms with Gasteiger partial charge in [-0.2, -0.15) is 0 Å². The maximum atomic E-state index is 13.1. The van der Waals surface area contributed by atoms with E-state index in [0.717, 1.165) is 24.3 Å². The molecule has 0 saturated carbocycles. The van der Waals surface area contributed by atoms with Gasteiger partial charge in [-0.3, -0.25) is 18.3 Å². The fraction of sp³-hybridized carbons (Fsp3) is 0. The van der Waals surface area contributed by atoms with Gasteiger partial charge in [-0.15, -0.1) is 0 Å². The Kier molecular flexibility index (Phi) is 11.3. The molecule has 344 valence electrons. The maximum Gasteiger partial charge on any atom is 0.358 e. The number of nitrogens with two attached hydrogens (primary N) is 4. The van der Waals surface area contributed by atoms with Crippen LogP contribution in [0.25, 0.3) is 22.3 Å². The molecule has 5 heterocycles. The van der Waals surface area contributed by atoms with Gasteiger partial charge in [0.15, 0.2) is 0 Å². The molecule has 0 aliphatic carbocycles. The van der Waals surface area contributed by atoms with Crippen LogP contribution in [0.2, 0.25) is 0 Å². The predicted molar refractivity (Wildman–Crippen MR) is 264 cm³/mol. The Balaban J connectivity index is 1.54. The summed E-state index contributed by atoms with van der Waals surface area (Å²) in [6.07, 6.45) is 13.0. The molecule has 4 aromatic carbocycles. The highest BCUT2D eigenvalue weighted by Crippen LogP contribution is 2.52. The first-order valence-corrected chi connectivity index (χ1v) is 26.2. The Labute approximate surface area is 385 Å². The second-order valence-electron chi connectivity index (χ2n) is 15.6. The van der Waals surface area contributed by atoms with Crippen LogP contribution in [0.1, 0.15) is 22.3 Å². The highest BCUT2D eigenvalue weighted by atomic mass is 31.2. The molecule has 0 saturated heterocycles. The van der Waals surface area contributed by atoms with E-state index in [1.807, 2.05) is 0 Å². The third kappa shape index (κ3) is 8.35. The van der Waals surface area contributed by atoms with Crippen molar-refractivity contribution in [3.63, 3.8) is 0 Å². The van der Waals surface area contributed by atoms with Crippen LogP contribution in [0.3, 0.4) is 0 Å². The highest BCUT2D eigenvalue weighted by Gasteiger charge is 2.38. The lowest BCUT2D eigenvalue weighted by atomic mass is 9.84. The van der Waals surface area contributed by atoms with Gasteiger partial charge in [0.05, 0.1) is 89.6 Å². The standard InChI is InChI=1S/C44H36N8O12P4/c45-39-26(5-1-9-32(39)65(53,54)55)30-19-25-18-23-14-13-21(49-23)17-22-15-16-24(50-22)20-31-36(27-6-2-10-33(40(27)46)66(56,57)58)37(28-7-3-11-34(41(28)47)67(59,60)61)44(52-31)38(43(30)51-25)29-8-4-12-35(42(29)48)68(62,63)64/h1-20H,45-48H2,(H2,53,54,55)(H2,56,57,58)(H2,59,60,61)(H2,62,63,64). The van der Waals surface area contributed by atoms with Gasteiger partial charge < -0.3 is 62.1 Å². The molecule has 68 heavy (non-hydrogen) atoms. The summed E-state index contributed by atoms with van der Waals surface area (Å²) >= 11 is 0. The molecule has 16 N–H and O–H groups in total. The number of para-hydroxylation sites is 4. The molecule has 0 aromatic heterocycles. The zero-order chi connectivity index (χ0) is 48.8. The minimum absolute atomic E-state index is 0.0208. The summed E-state index contributed by atoms with van der Waals surface area (Å²) in [5.74, 6) is 0. The van der Waals surface area contributed by atoms with Crippen molar-refractivity contribution in [2.75, 3.05) is 22.9 Å². The number of anilines is 4. The smallest absolute Gasteiger partial charge is 0.358 e. The Morgan fingerprint density at radius 2 is 0.765 bits per heavy atom. The van der Waals surface area contributed by atoms with Crippen LogP contribution in [-0.2, 0) is 18.3 Å². The molecular formula is C44H36N8O12P4. The van der Waals surface area contributed by atoms with E-state index in [1.165, 1.54) is 60.7 Å². The topological polar surface area (TPSA) is 384 Å². The molecule has 0 unspecified atom stereocenters. The zero-order valence-electron chi connectivity index (χ0n) is 34.6. The van der Waals surface area contributed by atoms with Crippen LogP contribution in [-0.4, -0.2) is 62.0 Å². The number of hydrogen-bond donors (Lipinski definition) is 12. The summed E-state index contributed by atoms with van der Waals surface area (Å²) in [7, 11) is -20.5. The number of nitrogens with zero attached hydrogens (tertiary/aromatic N) is 4. The van der Waals surface area contributed by atoms with Gasteiger partial charge in [0.25, 0.3) is 0 Å². The van der Waals surface area contributed by atoms with Crippen LogP contribution >= 0.6 is 30.4 Å². The predicted octanol–water partition coefficient (Wildman–Crippen LogP) is 3.23. The summed E-state index contributed by atoms with van der Waals surface area (Å²) in [5.41, 5.74) is 26.0. The van der Waals surface area contributed by atoms with E-state index in [2.05, 4.69) is 4.99 Å². The SMILES string of the molecule is Nc1c(C2=CC3=CC4=NC(=CC5=NC(=CC6=NC(=C(c7cccc(P(=O)(O)O)c7N)C2=N3)C(c2cccc(P(=O)(O)O)c2N)=C6c2cccc(P(=O)(O)O)c2N)C=C5)C=C4)cccc1P(=O)(O)O. The largest absolute Gasteiger partial charge is 0.397 e. The van der Waals surface area contributed by atoms with Crippen molar-refractivity contribution in [2.45, 2.75) is 0 Å². The normalized spacial score (nSPS) is 17.2.